The molecule has 2 amide bonds. The molecule has 1 aliphatic carbocycles. The van der Waals surface area contributed by atoms with Crippen LogP contribution in [0.25, 0.3) is 0 Å². The van der Waals surface area contributed by atoms with Crippen LogP contribution in [0.1, 0.15) is 25.3 Å². The molecule has 3 unspecified atom stereocenters. The number of halogens is 3. The van der Waals surface area contributed by atoms with E-state index in [0.717, 1.165) is 16.5 Å². The zero-order chi connectivity index (χ0) is 22.1. The Morgan fingerprint density at radius 2 is 1.93 bits per heavy atom. The van der Waals surface area contributed by atoms with Gasteiger partial charge in [-0.15, -0.1) is 0 Å². The molecule has 1 fully saturated rings. The molecule has 0 radical (unpaired) electrons. The number of allylic oxidation sites excluding steroid dienone is 2. The number of carbonyl (C=O) groups excluding carboxylic acids is 2. The van der Waals surface area contributed by atoms with Gasteiger partial charge in [-0.25, -0.2) is 9.69 Å². The van der Waals surface area contributed by atoms with E-state index in [4.69, 9.17) is 4.74 Å². The van der Waals surface area contributed by atoms with E-state index in [1.807, 2.05) is 30.3 Å². The summed E-state index contributed by atoms with van der Waals surface area (Å²) in [5.74, 6) is -2.12. The summed E-state index contributed by atoms with van der Waals surface area (Å²) in [5, 5.41) is 0. The third-order valence-corrected chi connectivity index (χ3v) is 6.14. The summed E-state index contributed by atoms with van der Waals surface area (Å²) < 4.78 is 69.1. The summed E-state index contributed by atoms with van der Waals surface area (Å²) in [7, 11) is -5.76. The van der Waals surface area contributed by atoms with Crippen molar-refractivity contribution >= 4 is 22.1 Å². The van der Waals surface area contributed by atoms with Gasteiger partial charge in [0, 0.05) is 12.3 Å². The van der Waals surface area contributed by atoms with Crippen LogP contribution in [0, 0.1) is 11.8 Å². The van der Waals surface area contributed by atoms with Crippen molar-refractivity contribution in [2.24, 2.45) is 11.8 Å². The van der Waals surface area contributed by atoms with Crippen LogP contribution >= 0.6 is 0 Å². The molecule has 1 aromatic rings. The molecule has 164 valence electrons. The van der Waals surface area contributed by atoms with Gasteiger partial charge in [-0.3, -0.25) is 4.79 Å². The highest BCUT2D eigenvalue weighted by Gasteiger charge is 2.49. The van der Waals surface area contributed by atoms with Gasteiger partial charge in [0.05, 0.1) is 6.04 Å². The van der Waals surface area contributed by atoms with Gasteiger partial charge in [0.15, 0.2) is 0 Å². The molecule has 0 saturated carbocycles. The predicted molar refractivity (Wildman–Crippen MR) is 98.2 cm³/mol. The number of ether oxygens (including phenoxy) is 1. The average molecular weight is 447 g/mol. The van der Waals surface area contributed by atoms with E-state index >= 15 is 0 Å². The Kier molecular flexibility index (Phi) is 6.11. The van der Waals surface area contributed by atoms with E-state index in [0.29, 0.717) is 6.42 Å². The number of rotatable bonds is 5. The largest absolute Gasteiger partial charge is 0.534 e. The maximum Gasteiger partial charge on any atom is 0.534 e. The lowest BCUT2D eigenvalue weighted by Crippen LogP contribution is -2.45. The Morgan fingerprint density at radius 1 is 1.27 bits per heavy atom. The lowest BCUT2D eigenvalue weighted by atomic mass is 9.82. The fourth-order valence-corrected chi connectivity index (χ4v) is 4.09. The first-order valence-corrected chi connectivity index (χ1v) is 10.6. The summed E-state index contributed by atoms with van der Waals surface area (Å²) in [6.45, 7) is 1.64. The Bertz CT molecular complexity index is 945. The summed E-state index contributed by atoms with van der Waals surface area (Å²) in [6, 6.07) is 8.75. The number of alkyl halides is 3. The molecule has 0 aromatic heterocycles. The number of nitrogens with zero attached hydrogens (tertiary/aromatic N) is 1. The lowest BCUT2D eigenvalue weighted by molar-refractivity contribution is -0.135. The highest BCUT2D eigenvalue weighted by atomic mass is 32.2. The molecule has 1 heterocycles. The Morgan fingerprint density at radius 3 is 2.53 bits per heavy atom. The fraction of sp³-hybridized carbons (Fsp3) is 0.474. The molecule has 1 aromatic carbocycles. The SMILES string of the molecule is CC1CC(OS(=O)(=O)C(F)(F)F)=CCC1C(=O)N1C(=O)OCC1Cc1ccccc1. The summed E-state index contributed by atoms with van der Waals surface area (Å²) in [5.41, 5.74) is -4.61. The van der Waals surface area contributed by atoms with Crippen LogP contribution in [0.15, 0.2) is 42.2 Å². The number of imide groups is 1. The van der Waals surface area contributed by atoms with Crippen molar-refractivity contribution < 1.29 is 40.1 Å². The maximum atomic E-state index is 13.0. The second kappa shape index (κ2) is 8.29. The Labute approximate surface area is 171 Å². The van der Waals surface area contributed by atoms with Crippen LogP contribution < -0.4 is 0 Å². The molecule has 30 heavy (non-hydrogen) atoms. The first-order valence-electron chi connectivity index (χ1n) is 9.23. The highest BCUT2D eigenvalue weighted by Crippen LogP contribution is 2.36. The van der Waals surface area contributed by atoms with Crippen molar-refractivity contribution in [3.8, 4) is 0 Å². The first kappa shape index (κ1) is 22.1. The van der Waals surface area contributed by atoms with E-state index in [9.17, 15) is 31.2 Å². The van der Waals surface area contributed by atoms with Crippen molar-refractivity contribution in [3.05, 3.63) is 47.7 Å². The topological polar surface area (TPSA) is 90.0 Å². The second-order valence-electron chi connectivity index (χ2n) is 7.31. The van der Waals surface area contributed by atoms with Gasteiger partial charge in [0.1, 0.15) is 12.4 Å². The molecule has 1 saturated heterocycles. The number of hydrogen-bond donors (Lipinski definition) is 0. The zero-order valence-corrected chi connectivity index (χ0v) is 16.8. The third kappa shape index (κ3) is 4.61. The predicted octanol–water partition coefficient (Wildman–Crippen LogP) is 3.37. The molecule has 7 nitrogen and oxygen atoms in total. The van der Waals surface area contributed by atoms with Crippen LogP contribution in [0.5, 0.6) is 0 Å². The van der Waals surface area contributed by atoms with Crippen LogP contribution in [0.3, 0.4) is 0 Å². The van der Waals surface area contributed by atoms with Gasteiger partial charge >= 0.3 is 21.7 Å². The van der Waals surface area contributed by atoms with E-state index in [1.165, 1.54) is 0 Å². The highest BCUT2D eigenvalue weighted by molar-refractivity contribution is 7.87. The van der Waals surface area contributed by atoms with Crippen LogP contribution in [0.2, 0.25) is 0 Å². The maximum absolute atomic E-state index is 13.0. The number of amides is 2. The minimum Gasteiger partial charge on any atom is -0.447 e. The Hall–Kier alpha value is -2.56. The third-order valence-electron chi connectivity index (χ3n) is 5.14. The smallest absolute Gasteiger partial charge is 0.447 e. The fourth-order valence-electron chi connectivity index (χ4n) is 3.58. The molecule has 1 aliphatic heterocycles. The van der Waals surface area contributed by atoms with Crippen LogP contribution in [-0.4, -0.2) is 43.5 Å². The van der Waals surface area contributed by atoms with Gasteiger partial charge in [-0.2, -0.15) is 21.6 Å². The standard InChI is InChI=1S/C19H20F3NO6S/c1-12-9-15(29-30(26,27)19(20,21)22)7-8-16(12)17(24)23-14(11-28-18(23)25)10-13-5-3-2-4-6-13/h2-7,12,14,16H,8-11H2,1H3. The molecule has 0 spiro atoms. The number of hydrogen-bond acceptors (Lipinski definition) is 6. The van der Waals surface area contributed by atoms with Gasteiger partial charge in [-0.05, 0) is 30.4 Å². The lowest BCUT2D eigenvalue weighted by Gasteiger charge is -2.31. The number of carbonyl (C=O) groups is 2. The monoisotopic (exact) mass is 447 g/mol. The number of benzene rings is 1. The van der Waals surface area contributed by atoms with E-state index in [-0.39, 0.29) is 25.2 Å². The Balaban J connectivity index is 1.71. The van der Waals surface area contributed by atoms with E-state index < -0.39 is 45.5 Å². The van der Waals surface area contributed by atoms with Gasteiger partial charge < -0.3 is 8.92 Å². The summed E-state index contributed by atoms with van der Waals surface area (Å²) >= 11 is 0. The van der Waals surface area contributed by atoms with E-state index in [2.05, 4.69) is 4.18 Å². The minimum atomic E-state index is -5.76. The van der Waals surface area contributed by atoms with Crippen molar-refractivity contribution in [3.63, 3.8) is 0 Å². The molecular weight excluding hydrogens is 427 g/mol. The van der Waals surface area contributed by atoms with Crippen LogP contribution in [-0.2, 0) is 30.3 Å². The van der Waals surface area contributed by atoms with Crippen molar-refractivity contribution in [2.45, 2.75) is 37.7 Å². The minimum absolute atomic E-state index is 0.0502. The van der Waals surface area contributed by atoms with Crippen molar-refractivity contribution in [1.82, 2.24) is 4.90 Å². The molecular formula is C19H20F3NO6S. The van der Waals surface area contributed by atoms with Gasteiger partial charge in [0.2, 0.25) is 5.91 Å². The zero-order valence-electron chi connectivity index (χ0n) is 16.0. The molecule has 0 bridgehead atoms. The van der Waals surface area contributed by atoms with Crippen molar-refractivity contribution in [1.29, 1.82) is 0 Å². The van der Waals surface area contributed by atoms with Crippen molar-refractivity contribution in [2.75, 3.05) is 6.61 Å². The second-order valence-corrected chi connectivity index (χ2v) is 8.84. The molecule has 3 atom stereocenters. The quantitative estimate of drug-likeness (QED) is 0.508. The normalized spacial score (nSPS) is 24.9. The number of cyclic esters (lactones) is 1. The average Bonchev–Trinajstić information content (AvgIpc) is 3.01. The molecule has 3 rings (SSSR count). The summed E-state index contributed by atoms with van der Waals surface area (Å²) in [6.07, 6.45) is 0.564. The van der Waals surface area contributed by atoms with Crippen LogP contribution in [0.4, 0.5) is 18.0 Å². The van der Waals surface area contributed by atoms with Gasteiger partial charge in [0.25, 0.3) is 0 Å². The van der Waals surface area contributed by atoms with Gasteiger partial charge in [-0.1, -0.05) is 37.3 Å². The molecule has 2 aliphatic rings. The molecule has 0 N–H and O–H groups in total. The van der Waals surface area contributed by atoms with E-state index in [1.54, 1.807) is 6.92 Å². The molecule has 11 heteroatoms. The summed E-state index contributed by atoms with van der Waals surface area (Å²) in [4.78, 5) is 26.3. The first-order chi connectivity index (χ1) is 14.0.